The molecule has 0 radical (unpaired) electrons. The number of para-hydroxylation sites is 2. The van der Waals surface area contributed by atoms with Gasteiger partial charge in [-0.3, -0.25) is 13.9 Å². The van der Waals surface area contributed by atoms with E-state index < -0.39 is 23.1 Å². The molecule has 3 unspecified atom stereocenters. The van der Waals surface area contributed by atoms with Crippen LogP contribution < -0.4 is 13.8 Å². The maximum absolute atomic E-state index is 13.6. The molecule has 1 saturated heterocycles. The summed E-state index contributed by atoms with van der Waals surface area (Å²) in [6.07, 6.45) is 11.8. The number of sulfonamides is 1. The third-order valence-electron chi connectivity index (χ3n) is 8.34. The van der Waals surface area contributed by atoms with Gasteiger partial charge in [0.2, 0.25) is 0 Å². The molecule has 13 heteroatoms. The maximum atomic E-state index is 13.6. The molecule has 306 valence electrons. The van der Waals surface area contributed by atoms with Gasteiger partial charge in [0.25, 0.3) is 0 Å². The minimum Gasteiger partial charge on any atom is -0.389 e. The Balaban J connectivity index is 0.000000208. The van der Waals surface area contributed by atoms with E-state index in [1.807, 2.05) is 72.8 Å². The van der Waals surface area contributed by atoms with E-state index in [0.29, 0.717) is 11.4 Å². The summed E-state index contributed by atoms with van der Waals surface area (Å²) in [5, 5.41) is 8.93. The summed E-state index contributed by atoms with van der Waals surface area (Å²) in [5.74, 6) is 0. The summed E-state index contributed by atoms with van der Waals surface area (Å²) < 4.78 is 85.4. The molecule has 1 fully saturated rings. The highest BCUT2D eigenvalue weighted by atomic mass is 32.2. The molecule has 58 heavy (non-hydrogen) atoms. The highest BCUT2D eigenvalue weighted by Crippen LogP contribution is 2.58. The minimum atomic E-state index is -5.82. The van der Waals surface area contributed by atoms with Crippen molar-refractivity contribution in [3.8, 4) is 0 Å². The molecule has 5 aromatic carbocycles. The molecule has 0 aromatic heterocycles. The molecule has 0 amide bonds. The number of ether oxygens (including phenoxy) is 1. The molecule has 8 nitrogen and oxygen atoms in total. The zero-order valence-corrected chi connectivity index (χ0v) is 34.2. The third-order valence-corrected chi connectivity index (χ3v) is 13.0. The van der Waals surface area contributed by atoms with E-state index in [4.69, 9.17) is 9.84 Å². The fraction of sp³-hybridized carbons (Fsp3) is 0.200. The van der Waals surface area contributed by atoms with E-state index in [0.717, 1.165) is 5.56 Å². The van der Waals surface area contributed by atoms with Crippen LogP contribution in [-0.2, 0) is 19.3 Å². The van der Waals surface area contributed by atoms with Crippen molar-refractivity contribution in [1.29, 1.82) is 0 Å². The Morgan fingerprint density at radius 2 is 0.914 bits per heavy atom. The number of rotatable bonds is 12. The summed E-state index contributed by atoms with van der Waals surface area (Å²) in [4.78, 5) is 0. The number of alkyl halides is 3. The third kappa shape index (κ3) is 14.3. The van der Waals surface area contributed by atoms with Crippen molar-refractivity contribution in [2.24, 2.45) is 0 Å². The number of aliphatic hydroxyl groups excluding tert-OH is 1. The number of benzene rings is 5. The van der Waals surface area contributed by atoms with E-state index >= 15 is 0 Å². The van der Waals surface area contributed by atoms with Gasteiger partial charge in [0.1, 0.15) is 0 Å². The lowest BCUT2D eigenvalue weighted by atomic mass is 10.2. The van der Waals surface area contributed by atoms with Crippen molar-refractivity contribution in [2.75, 3.05) is 22.4 Å². The van der Waals surface area contributed by atoms with Gasteiger partial charge in [-0.15, -0.1) is 4.49 Å². The standard InChI is InChI=1S/C20H22O.C15H15F3N3O3PS.C10H12O/c1-17(13-15-19-9-5-3-6-10-19)21-18(2)14-16-20-11-7-4-8-12-20;16-15(17,18)26(23,24)19-25(22)20(13-7-3-1-4-8-13)11-12-21(25)14-9-5-2-6-10-14;1-9(11)7-8-10-5-3-2-4-6-10/h3-18H,1-2H3;1-10H,11-12H2,(H,19,22);2-9,11H,1H3/b15-13+,16-14+;;8-7+. The molecule has 0 saturated carbocycles. The monoisotopic (exact) mass is 831 g/mol. The molecule has 2 N–H and O–H groups in total. The van der Waals surface area contributed by atoms with Crippen molar-refractivity contribution in [3.05, 3.63) is 187 Å². The molecule has 1 aliphatic rings. The Kier molecular flexibility index (Phi) is 17.3. The first-order valence-corrected chi connectivity index (χ1v) is 21.7. The first-order chi connectivity index (χ1) is 27.7. The lowest BCUT2D eigenvalue weighted by Crippen LogP contribution is -2.40. The molecule has 0 spiro atoms. The minimum absolute atomic E-state index is 0.0839. The number of halogens is 3. The van der Waals surface area contributed by atoms with Crippen LogP contribution in [0.4, 0.5) is 24.5 Å². The van der Waals surface area contributed by atoms with Crippen LogP contribution in [0.2, 0.25) is 0 Å². The Morgan fingerprint density at radius 3 is 1.22 bits per heavy atom. The molecule has 6 rings (SSSR count). The van der Waals surface area contributed by atoms with Gasteiger partial charge in [0.05, 0.1) is 18.3 Å². The number of hydrogen-bond acceptors (Lipinski definition) is 5. The lowest BCUT2D eigenvalue weighted by molar-refractivity contribution is -0.0441. The average Bonchev–Trinajstić information content (AvgIpc) is 3.55. The normalized spacial score (nSPS) is 15.7. The van der Waals surface area contributed by atoms with Crippen LogP contribution in [0, 0.1) is 0 Å². The largest absolute Gasteiger partial charge is 0.511 e. The van der Waals surface area contributed by atoms with Gasteiger partial charge < -0.3 is 9.84 Å². The fourth-order valence-corrected chi connectivity index (χ4v) is 9.86. The second-order valence-electron chi connectivity index (χ2n) is 13.1. The van der Waals surface area contributed by atoms with Crippen LogP contribution in [0.5, 0.6) is 0 Å². The molecule has 3 atom stereocenters. The fourth-order valence-electron chi connectivity index (χ4n) is 5.53. The highest BCUT2D eigenvalue weighted by Gasteiger charge is 2.54. The van der Waals surface area contributed by atoms with Gasteiger partial charge in [-0.2, -0.15) is 13.2 Å². The van der Waals surface area contributed by atoms with Gasteiger partial charge in [-0.25, -0.2) is 8.42 Å². The van der Waals surface area contributed by atoms with Gasteiger partial charge in [0, 0.05) is 24.5 Å². The number of hydrogen-bond donors (Lipinski definition) is 2. The van der Waals surface area contributed by atoms with E-state index in [1.54, 1.807) is 73.7 Å². The predicted molar refractivity (Wildman–Crippen MR) is 231 cm³/mol. The first-order valence-electron chi connectivity index (χ1n) is 18.6. The van der Waals surface area contributed by atoms with Crippen LogP contribution in [0.3, 0.4) is 0 Å². The summed E-state index contributed by atoms with van der Waals surface area (Å²) >= 11 is 0. The molecule has 0 aliphatic carbocycles. The zero-order valence-electron chi connectivity index (χ0n) is 32.5. The van der Waals surface area contributed by atoms with Crippen molar-refractivity contribution >= 4 is 47.2 Å². The average molecular weight is 832 g/mol. The van der Waals surface area contributed by atoms with E-state index in [1.165, 1.54) is 25.0 Å². The van der Waals surface area contributed by atoms with Crippen LogP contribution >= 0.6 is 7.59 Å². The van der Waals surface area contributed by atoms with Crippen molar-refractivity contribution in [3.63, 3.8) is 0 Å². The summed E-state index contributed by atoms with van der Waals surface area (Å²) in [5.41, 5.74) is -1.34. The van der Waals surface area contributed by atoms with Crippen LogP contribution in [0.1, 0.15) is 37.5 Å². The number of nitrogens with one attached hydrogen (secondary N) is 1. The van der Waals surface area contributed by atoms with E-state index in [2.05, 4.69) is 62.4 Å². The number of nitrogens with zero attached hydrogens (tertiary/aromatic N) is 2. The quantitative estimate of drug-likeness (QED) is 0.121. The van der Waals surface area contributed by atoms with Crippen LogP contribution in [-0.4, -0.2) is 50.4 Å². The topological polar surface area (TPSA) is 99.2 Å². The van der Waals surface area contributed by atoms with Crippen molar-refractivity contribution in [2.45, 2.75) is 44.6 Å². The van der Waals surface area contributed by atoms with Crippen LogP contribution in [0.25, 0.3) is 18.2 Å². The zero-order chi connectivity index (χ0) is 42.0. The van der Waals surface area contributed by atoms with E-state index in [9.17, 15) is 26.2 Å². The smallest absolute Gasteiger partial charge is 0.389 e. The summed E-state index contributed by atoms with van der Waals surface area (Å²) in [6, 6.07) is 46.6. The molecule has 5 aromatic rings. The Hall–Kier alpha value is -5.23. The molecule has 1 heterocycles. The highest BCUT2D eigenvalue weighted by molar-refractivity contribution is 7.97. The summed E-state index contributed by atoms with van der Waals surface area (Å²) in [6.45, 7) is 6.05. The van der Waals surface area contributed by atoms with Crippen molar-refractivity contribution in [1.82, 2.24) is 4.49 Å². The van der Waals surface area contributed by atoms with Gasteiger partial charge in [0.15, 0.2) is 0 Å². The first kappa shape index (κ1) is 45.5. The number of anilines is 2. The molecular weight excluding hydrogens is 783 g/mol. The maximum Gasteiger partial charge on any atom is 0.511 e. The molecular formula is C45H49F3N3O5PS. The second kappa shape index (κ2) is 22.1. The number of aliphatic hydroxyl groups is 1. The predicted octanol–water partition coefficient (Wildman–Crippen LogP) is 10.8. The summed E-state index contributed by atoms with van der Waals surface area (Å²) in [7, 11) is -10.2. The Morgan fingerprint density at radius 1 is 0.603 bits per heavy atom. The Labute approximate surface area is 340 Å². The SMILES string of the molecule is CC(/C=C/c1ccccc1)OC(C)/C=C/c1ccccc1.CC(O)/C=C/c1ccccc1.O=P1(NS(=O)(=O)C(F)(F)F)N(c2ccccc2)CCN1c1ccccc1. The van der Waals surface area contributed by atoms with Gasteiger partial charge in [-0.05, 0) is 61.7 Å². The van der Waals surface area contributed by atoms with Crippen LogP contribution in [0.15, 0.2) is 170 Å². The van der Waals surface area contributed by atoms with E-state index in [-0.39, 0.29) is 31.4 Å². The van der Waals surface area contributed by atoms with Gasteiger partial charge in [-0.1, -0.05) is 164 Å². The van der Waals surface area contributed by atoms with Gasteiger partial charge >= 0.3 is 23.1 Å². The molecule has 1 aliphatic heterocycles. The lowest BCUT2D eigenvalue weighted by Gasteiger charge is -2.32. The van der Waals surface area contributed by atoms with Crippen molar-refractivity contribution < 1.29 is 36.0 Å². The Bertz CT molecular complexity index is 2090. The molecule has 0 bridgehead atoms. The second-order valence-corrected chi connectivity index (χ2v) is 17.4.